The number of rotatable bonds is 9. The lowest BCUT2D eigenvalue weighted by molar-refractivity contribution is -0.121. The summed E-state index contributed by atoms with van der Waals surface area (Å²) < 4.78 is 10.1. The van der Waals surface area contributed by atoms with Crippen molar-refractivity contribution < 1.29 is 19.1 Å². The van der Waals surface area contributed by atoms with Crippen molar-refractivity contribution in [3.63, 3.8) is 0 Å². The van der Waals surface area contributed by atoms with Crippen LogP contribution in [0.3, 0.4) is 0 Å². The Hall–Kier alpha value is -1.34. The van der Waals surface area contributed by atoms with Crippen LogP contribution in [0.5, 0.6) is 0 Å². The van der Waals surface area contributed by atoms with Crippen molar-refractivity contribution in [2.24, 2.45) is 5.92 Å². The van der Waals surface area contributed by atoms with Crippen LogP contribution in [0.4, 0.5) is 4.79 Å². The third kappa shape index (κ3) is 8.76. The molecule has 1 saturated heterocycles. The number of carbonyl (C=O) groups is 2. The van der Waals surface area contributed by atoms with Gasteiger partial charge in [0.1, 0.15) is 0 Å². The standard InChI is InChI=1S/C16H31N3O4/c1-4-23-16(21)17-6-5-15(20)18-12-14(11-13(2)3)19-7-9-22-10-8-19/h13-14H,4-12H2,1-3H3,(H,17,21)(H,18,20)/t14-/m1/s1. The molecule has 0 aromatic heterocycles. The molecule has 0 radical (unpaired) electrons. The van der Waals surface area contributed by atoms with Crippen molar-refractivity contribution in [3.05, 3.63) is 0 Å². The Kier molecular flexibility index (Phi) is 9.63. The molecule has 0 aliphatic carbocycles. The highest BCUT2D eigenvalue weighted by molar-refractivity contribution is 5.77. The summed E-state index contributed by atoms with van der Waals surface area (Å²) in [6, 6.07) is 0.334. The molecule has 0 unspecified atom stereocenters. The number of hydrogen-bond donors (Lipinski definition) is 2. The van der Waals surface area contributed by atoms with Gasteiger partial charge in [0.2, 0.25) is 5.91 Å². The van der Waals surface area contributed by atoms with Gasteiger partial charge >= 0.3 is 6.09 Å². The lowest BCUT2D eigenvalue weighted by atomic mass is 10.0. The van der Waals surface area contributed by atoms with Crippen LogP contribution in [0, 0.1) is 5.92 Å². The maximum atomic E-state index is 11.9. The fraction of sp³-hybridized carbons (Fsp3) is 0.875. The van der Waals surface area contributed by atoms with Gasteiger partial charge in [0, 0.05) is 38.6 Å². The van der Waals surface area contributed by atoms with Gasteiger partial charge < -0.3 is 20.1 Å². The number of amides is 2. The van der Waals surface area contributed by atoms with Crippen LogP contribution in [0.2, 0.25) is 0 Å². The van der Waals surface area contributed by atoms with Crippen molar-refractivity contribution in [1.29, 1.82) is 0 Å². The molecule has 0 bridgehead atoms. The zero-order valence-electron chi connectivity index (χ0n) is 14.6. The van der Waals surface area contributed by atoms with E-state index in [2.05, 4.69) is 29.4 Å². The fourth-order valence-electron chi connectivity index (χ4n) is 2.63. The number of ether oxygens (including phenoxy) is 2. The Morgan fingerprint density at radius 1 is 1.22 bits per heavy atom. The van der Waals surface area contributed by atoms with Gasteiger partial charge in [-0.05, 0) is 19.3 Å². The molecule has 1 atom stereocenters. The molecule has 1 fully saturated rings. The first-order chi connectivity index (χ1) is 11.0. The average molecular weight is 329 g/mol. The topological polar surface area (TPSA) is 79.9 Å². The van der Waals surface area contributed by atoms with Gasteiger partial charge in [-0.3, -0.25) is 9.69 Å². The van der Waals surface area contributed by atoms with Gasteiger partial charge in [0.05, 0.1) is 19.8 Å². The maximum Gasteiger partial charge on any atom is 0.407 e. The van der Waals surface area contributed by atoms with Crippen LogP contribution >= 0.6 is 0 Å². The molecule has 134 valence electrons. The van der Waals surface area contributed by atoms with Crippen molar-refractivity contribution in [2.75, 3.05) is 46.0 Å². The smallest absolute Gasteiger partial charge is 0.407 e. The first-order valence-electron chi connectivity index (χ1n) is 8.52. The molecule has 0 saturated carbocycles. The molecule has 1 heterocycles. The quantitative estimate of drug-likeness (QED) is 0.659. The van der Waals surface area contributed by atoms with E-state index < -0.39 is 6.09 Å². The summed E-state index contributed by atoms with van der Waals surface area (Å²) >= 11 is 0. The minimum atomic E-state index is -0.480. The number of alkyl carbamates (subject to hydrolysis) is 1. The van der Waals surface area contributed by atoms with Gasteiger partial charge in [-0.25, -0.2) is 4.79 Å². The Balaban J connectivity index is 2.29. The summed E-state index contributed by atoms with van der Waals surface area (Å²) in [6.45, 7) is 10.7. The largest absolute Gasteiger partial charge is 0.450 e. The predicted octanol–water partition coefficient (Wildman–Crippen LogP) is 0.986. The molecule has 0 aromatic rings. The van der Waals surface area contributed by atoms with Gasteiger partial charge in [0.25, 0.3) is 0 Å². The van der Waals surface area contributed by atoms with E-state index in [0.717, 1.165) is 32.7 Å². The normalized spacial score (nSPS) is 16.9. The van der Waals surface area contributed by atoms with Gasteiger partial charge in [0.15, 0.2) is 0 Å². The Morgan fingerprint density at radius 2 is 1.91 bits per heavy atom. The molecule has 1 aliphatic heterocycles. The lowest BCUT2D eigenvalue weighted by Crippen LogP contribution is -2.49. The van der Waals surface area contributed by atoms with Crippen LogP contribution in [-0.4, -0.2) is 68.9 Å². The van der Waals surface area contributed by atoms with Crippen LogP contribution < -0.4 is 10.6 Å². The predicted molar refractivity (Wildman–Crippen MR) is 88.3 cm³/mol. The highest BCUT2D eigenvalue weighted by atomic mass is 16.5. The Bertz CT molecular complexity index is 357. The summed E-state index contributed by atoms with van der Waals surface area (Å²) in [6.07, 6.45) is 0.823. The Morgan fingerprint density at radius 3 is 2.52 bits per heavy atom. The van der Waals surface area contributed by atoms with Crippen LogP contribution in [0.15, 0.2) is 0 Å². The molecule has 1 rings (SSSR count). The fourth-order valence-corrected chi connectivity index (χ4v) is 2.63. The molecular formula is C16H31N3O4. The third-order valence-electron chi connectivity index (χ3n) is 3.74. The lowest BCUT2D eigenvalue weighted by Gasteiger charge is -2.35. The molecule has 0 aromatic carbocycles. The Labute approximate surface area is 139 Å². The monoisotopic (exact) mass is 329 g/mol. The highest BCUT2D eigenvalue weighted by Crippen LogP contribution is 2.13. The van der Waals surface area contributed by atoms with Crippen molar-refractivity contribution in [2.45, 2.75) is 39.7 Å². The van der Waals surface area contributed by atoms with Crippen molar-refractivity contribution in [3.8, 4) is 0 Å². The summed E-state index contributed by atoms with van der Waals surface area (Å²) in [5.41, 5.74) is 0. The van der Waals surface area contributed by atoms with Gasteiger partial charge in [-0.2, -0.15) is 0 Å². The second-order valence-electron chi connectivity index (χ2n) is 6.13. The molecule has 2 amide bonds. The molecule has 1 aliphatic rings. The van der Waals surface area contributed by atoms with E-state index in [-0.39, 0.29) is 18.9 Å². The molecular weight excluding hydrogens is 298 g/mol. The summed E-state index contributed by atoms with van der Waals surface area (Å²) in [5.74, 6) is 0.522. The third-order valence-corrected chi connectivity index (χ3v) is 3.74. The van der Waals surface area contributed by atoms with Gasteiger partial charge in [-0.1, -0.05) is 13.8 Å². The number of carbonyl (C=O) groups excluding carboxylic acids is 2. The number of nitrogens with one attached hydrogen (secondary N) is 2. The number of nitrogens with zero attached hydrogens (tertiary/aromatic N) is 1. The van der Waals surface area contributed by atoms with Gasteiger partial charge in [-0.15, -0.1) is 0 Å². The maximum absolute atomic E-state index is 11.9. The zero-order valence-corrected chi connectivity index (χ0v) is 14.6. The van der Waals surface area contributed by atoms with E-state index in [1.807, 2.05) is 0 Å². The van der Waals surface area contributed by atoms with Crippen LogP contribution in [0.1, 0.15) is 33.6 Å². The van der Waals surface area contributed by atoms with E-state index in [1.165, 1.54) is 0 Å². The van der Waals surface area contributed by atoms with E-state index in [9.17, 15) is 9.59 Å². The first-order valence-corrected chi connectivity index (χ1v) is 8.52. The van der Waals surface area contributed by atoms with Crippen molar-refractivity contribution in [1.82, 2.24) is 15.5 Å². The SMILES string of the molecule is CCOC(=O)NCCC(=O)NC[C@@H](CC(C)C)N1CCOCC1. The second-order valence-corrected chi connectivity index (χ2v) is 6.13. The highest BCUT2D eigenvalue weighted by Gasteiger charge is 2.22. The molecule has 2 N–H and O–H groups in total. The number of hydrogen-bond acceptors (Lipinski definition) is 5. The number of morpholine rings is 1. The van der Waals surface area contributed by atoms with Crippen LogP contribution in [-0.2, 0) is 14.3 Å². The second kappa shape index (κ2) is 11.2. The summed E-state index contributed by atoms with van der Waals surface area (Å²) in [4.78, 5) is 25.4. The van der Waals surface area contributed by atoms with E-state index >= 15 is 0 Å². The molecule has 7 nitrogen and oxygen atoms in total. The minimum Gasteiger partial charge on any atom is -0.450 e. The van der Waals surface area contributed by atoms with Crippen LogP contribution in [0.25, 0.3) is 0 Å². The van der Waals surface area contributed by atoms with E-state index in [4.69, 9.17) is 9.47 Å². The molecule has 7 heteroatoms. The summed E-state index contributed by atoms with van der Waals surface area (Å²) in [7, 11) is 0. The van der Waals surface area contributed by atoms with Crippen molar-refractivity contribution >= 4 is 12.0 Å². The zero-order chi connectivity index (χ0) is 17.1. The summed E-state index contributed by atoms with van der Waals surface area (Å²) in [5, 5.41) is 5.53. The molecule has 0 spiro atoms. The minimum absolute atomic E-state index is 0.0520. The first kappa shape index (κ1) is 19.7. The van der Waals surface area contributed by atoms with E-state index in [1.54, 1.807) is 6.92 Å². The van der Waals surface area contributed by atoms with E-state index in [0.29, 0.717) is 25.1 Å². The molecule has 23 heavy (non-hydrogen) atoms. The average Bonchev–Trinajstić information content (AvgIpc) is 2.52.